The first-order chi connectivity index (χ1) is 22.3. The number of rotatable bonds is 16. The Labute approximate surface area is 278 Å². The molecule has 4 rings (SSSR count). The molecule has 2 aromatic heterocycles. The third-order valence-electron chi connectivity index (χ3n) is 7.46. The van der Waals surface area contributed by atoms with E-state index in [2.05, 4.69) is 30.1 Å². The summed E-state index contributed by atoms with van der Waals surface area (Å²) >= 11 is 1.02. The maximum absolute atomic E-state index is 14.0. The van der Waals surface area contributed by atoms with Crippen LogP contribution in [0.5, 0.6) is 5.88 Å². The number of amides is 1. The minimum absolute atomic E-state index is 0.00440. The first-order valence-electron chi connectivity index (χ1n) is 15.3. The molecule has 1 saturated heterocycles. The van der Waals surface area contributed by atoms with Gasteiger partial charge >= 0.3 is 13.8 Å². The van der Waals surface area contributed by atoms with Gasteiger partial charge in [0.25, 0.3) is 0 Å². The molecule has 258 valence electrons. The molecular formula is C30H44N7O8PS. The smallest absolute Gasteiger partial charge is 0.406 e. The molecule has 15 nitrogen and oxygen atoms in total. The van der Waals surface area contributed by atoms with Crippen LogP contribution in [-0.4, -0.2) is 75.6 Å². The van der Waals surface area contributed by atoms with Crippen LogP contribution in [0.2, 0.25) is 0 Å². The van der Waals surface area contributed by atoms with E-state index in [0.29, 0.717) is 30.1 Å². The zero-order chi connectivity index (χ0) is 34.2. The van der Waals surface area contributed by atoms with Crippen LogP contribution in [0.3, 0.4) is 0 Å². The second kappa shape index (κ2) is 15.8. The Hall–Kier alpha value is -3.27. The predicted octanol–water partition coefficient (Wildman–Crippen LogP) is 4.69. The van der Waals surface area contributed by atoms with Crippen LogP contribution in [0.4, 0.5) is 10.7 Å². The van der Waals surface area contributed by atoms with Crippen molar-refractivity contribution in [3.63, 3.8) is 0 Å². The predicted molar refractivity (Wildman–Crippen MR) is 178 cm³/mol. The van der Waals surface area contributed by atoms with Crippen LogP contribution in [0.15, 0.2) is 36.7 Å². The van der Waals surface area contributed by atoms with Crippen LogP contribution >= 0.6 is 19.5 Å². The van der Waals surface area contributed by atoms with E-state index in [-0.39, 0.29) is 49.0 Å². The molecule has 1 aliphatic heterocycles. The molecule has 4 unspecified atom stereocenters. The summed E-state index contributed by atoms with van der Waals surface area (Å²) in [6.07, 6.45) is 1.12. The van der Waals surface area contributed by atoms with Crippen molar-refractivity contribution in [2.45, 2.75) is 59.4 Å². The van der Waals surface area contributed by atoms with Crippen LogP contribution in [0, 0.1) is 11.3 Å². The number of alkyl carbamates (subject to hydrolysis) is 1. The van der Waals surface area contributed by atoms with Crippen LogP contribution < -0.4 is 20.9 Å². The van der Waals surface area contributed by atoms with Gasteiger partial charge in [0, 0.05) is 24.8 Å². The third-order valence-corrected chi connectivity index (χ3v) is 10.2. The van der Waals surface area contributed by atoms with Crippen molar-refractivity contribution in [2.75, 3.05) is 45.0 Å². The summed E-state index contributed by atoms with van der Waals surface area (Å²) < 4.78 is 44.3. The van der Waals surface area contributed by atoms with Crippen molar-refractivity contribution in [1.29, 1.82) is 0 Å². The quantitative estimate of drug-likeness (QED) is 0.138. The van der Waals surface area contributed by atoms with Gasteiger partial charge in [0.2, 0.25) is 11.8 Å². The molecule has 3 heterocycles. The fourth-order valence-corrected chi connectivity index (χ4v) is 7.40. The average molecular weight is 694 g/mol. The molecule has 1 aliphatic rings. The fraction of sp³-hybridized carbons (Fsp3) is 0.567. The number of carbonyl (C=O) groups is 2. The van der Waals surface area contributed by atoms with Crippen molar-refractivity contribution in [3.05, 3.63) is 42.2 Å². The van der Waals surface area contributed by atoms with Crippen molar-refractivity contribution in [2.24, 2.45) is 11.3 Å². The van der Waals surface area contributed by atoms with Gasteiger partial charge in [-0.25, -0.2) is 19.4 Å². The third kappa shape index (κ3) is 9.64. The Bertz CT molecular complexity index is 1580. The molecule has 0 bridgehead atoms. The lowest BCUT2D eigenvalue weighted by atomic mass is 9.96. The number of imidazole rings is 1. The number of nitrogen functional groups attached to an aromatic ring is 1. The summed E-state index contributed by atoms with van der Waals surface area (Å²) in [6.45, 7) is 9.87. The highest BCUT2D eigenvalue weighted by atomic mass is 32.2. The number of ether oxygens (including phenoxy) is 3. The molecule has 0 saturated carbocycles. The molecule has 17 heteroatoms. The van der Waals surface area contributed by atoms with Crippen LogP contribution in [0.1, 0.15) is 52.8 Å². The molecule has 4 N–H and O–H groups in total. The molecule has 0 aliphatic carbocycles. The zero-order valence-electron chi connectivity index (χ0n) is 27.6. The summed E-state index contributed by atoms with van der Waals surface area (Å²) in [7, 11) is -2.61. The van der Waals surface area contributed by atoms with Gasteiger partial charge in [0.15, 0.2) is 16.3 Å². The fourth-order valence-electron chi connectivity index (χ4n) is 5.05. The molecule has 1 amide bonds. The first kappa shape index (κ1) is 36.6. The van der Waals surface area contributed by atoms with Gasteiger partial charge in [-0.05, 0) is 25.8 Å². The second-order valence-electron chi connectivity index (χ2n) is 12.1. The minimum Gasteiger partial charge on any atom is -0.476 e. The van der Waals surface area contributed by atoms with E-state index in [1.165, 1.54) is 7.11 Å². The van der Waals surface area contributed by atoms with E-state index >= 15 is 0 Å². The number of nitrogens with zero attached hydrogens (tertiary/aromatic N) is 4. The molecule has 4 atom stereocenters. The summed E-state index contributed by atoms with van der Waals surface area (Å²) in [5.41, 5.74) is 6.12. The summed E-state index contributed by atoms with van der Waals surface area (Å²) in [5, 5.41) is 5.33. The number of carbonyl (C=O) groups excluding carboxylic acids is 2. The number of anilines is 1. The molecule has 0 radical (unpaired) electrons. The van der Waals surface area contributed by atoms with E-state index in [1.807, 2.05) is 51.1 Å². The molecule has 0 spiro atoms. The number of nitrogens with two attached hydrogens (primary N) is 1. The maximum atomic E-state index is 14.0. The number of methoxy groups -OCH3 is 1. The van der Waals surface area contributed by atoms with E-state index in [4.69, 9.17) is 24.3 Å². The highest BCUT2D eigenvalue weighted by molar-refractivity contribution is 8.13. The number of fused-ring (bicyclic) bond motifs is 1. The van der Waals surface area contributed by atoms with Gasteiger partial charge in [0.05, 0.1) is 44.3 Å². The van der Waals surface area contributed by atoms with Crippen molar-refractivity contribution >= 4 is 47.8 Å². The summed E-state index contributed by atoms with van der Waals surface area (Å²) in [4.78, 5) is 37.2. The van der Waals surface area contributed by atoms with Gasteiger partial charge in [-0.2, -0.15) is 9.97 Å². The highest BCUT2D eigenvalue weighted by Crippen LogP contribution is 2.49. The van der Waals surface area contributed by atoms with Gasteiger partial charge in [-0.3, -0.25) is 18.4 Å². The summed E-state index contributed by atoms with van der Waals surface area (Å²) in [5.74, 6) is 0.582. The molecule has 1 fully saturated rings. The Morgan fingerprint density at radius 2 is 1.98 bits per heavy atom. The number of thioether (sulfide) groups is 1. The topological polar surface area (TPSA) is 191 Å². The Balaban J connectivity index is 1.41. The van der Waals surface area contributed by atoms with E-state index < -0.39 is 31.1 Å². The second-order valence-corrected chi connectivity index (χ2v) is 15.0. The average Bonchev–Trinajstić information content (AvgIpc) is 3.60. The standard InChI is InChI=1S/C30H44N7O8PS/c1-7-42-24-22-23(35-27(31)36-24)37(19-33-22)25-20(2)15-30(5,45-25)18-44-46(40,34-16-21-11-9-8-10-12-21)43-13-14-47-26(38)29(3,4)17-32-28(39)41-6/h8-12,19-20,25H,7,13-18H2,1-6H3,(H,32,39)(H,34,40)(H2,31,35,36). The van der Waals surface area contributed by atoms with Gasteiger partial charge in [-0.15, -0.1) is 0 Å². The lowest BCUT2D eigenvalue weighted by Crippen LogP contribution is -2.38. The van der Waals surface area contributed by atoms with Gasteiger partial charge in [0.1, 0.15) is 6.23 Å². The van der Waals surface area contributed by atoms with Crippen molar-refractivity contribution < 1.29 is 37.4 Å². The molecule has 3 aromatic rings. The molecule has 1 aromatic carbocycles. The largest absolute Gasteiger partial charge is 0.476 e. The normalized spacial score (nSPS) is 21.0. The van der Waals surface area contributed by atoms with Gasteiger partial charge in [-0.1, -0.05) is 62.9 Å². The number of hydrogen-bond acceptors (Lipinski definition) is 13. The molecule has 47 heavy (non-hydrogen) atoms. The van der Waals surface area contributed by atoms with Crippen molar-refractivity contribution in [1.82, 2.24) is 29.9 Å². The van der Waals surface area contributed by atoms with Crippen LogP contribution in [0.25, 0.3) is 11.2 Å². The Morgan fingerprint density at radius 1 is 1.23 bits per heavy atom. The van der Waals surface area contributed by atoms with Crippen LogP contribution in [-0.2, 0) is 34.4 Å². The lowest BCUT2D eigenvalue weighted by Gasteiger charge is -2.28. The highest BCUT2D eigenvalue weighted by Gasteiger charge is 2.45. The lowest BCUT2D eigenvalue weighted by molar-refractivity contribution is -0.117. The monoisotopic (exact) mass is 693 g/mol. The zero-order valence-corrected chi connectivity index (χ0v) is 29.3. The number of benzene rings is 1. The summed E-state index contributed by atoms with van der Waals surface area (Å²) in [6, 6.07) is 9.45. The number of aromatic nitrogens is 4. The van der Waals surface area contributed by atoms with E-state index in [9.17, 15) is 14.2 Å². The minimum atomic E-state index is -3.87. The van der Waals surface area contributed by atoms with E-state index in [1.54, 1.807) is 24.7 Å². The number of nitrogens with one attached hydrogen (secondary N) is 2. The maximum Gasteiger partial charge on any atom is 0.406 e. The Kier molecular flexibility index (Phi) is 12.3. The molecular weight excluding hydrogens is 649 g/mol. The van der Waals surface area contributed by atoms with Crippen molar-refractivity contribution in [3.8, 4) is 5.88 Å². The number of hydrogen-bond donors (Lipinski definition) is 3. The SMILES string of the molecule is CCOc1nc(N)nc2c1ncn2C1OC(C)(COP(=O)(NCc2ccccc2)OCCSC(=O)C(C)(C)CNC(=O)OC)CC1C. The van der Waals surface area contributed by atoms with Gasteiger partial charge < -0.3 is 25.3 Å². The first-order valence-corrected chi connectivity index (χ1v) is 17.8. The Morgan fingerprint density at radius 3 is 2.68 bits per heavy atom. The van der Waals surface area contributed by atoms with E-state index in [0.717, 1.165) is 17.3 Å².